The summed E-state index contributed by atoms with van der Waals surface area (Å²) < 4.78 is 10.9. The molecule has 34 heavy (non-hydrogen) atoms. The predicted molar refractivity (Wildman–Crippen MR) is 146 cm³/mol. The number of hydrogen-bond donors (Lipinski definition) is 0. The molecule has 3 heteroatoms. The molecule has 1 rings (SSSR count). The summed E-state index contributed by atoms with van der Waals surface area (Å²) in [6.07, 6.45) is 18.5. The van der Waals surface area contributed by atoms with Gasteiger partial charge in [-0.2, -0.15) is 0 Å². The van der Waals surface area contributed by atoms with Crippen LogP contribution in [0.5, 0.6) is 0 Å². The van der Waals surface area contributed by atoms with Gasteiger partial charge in [-0.25, -0.2) is 0 Å². The van der Waals surface area contributed by atoms with Gasteiger partial charge in [0.05, 0.1) is 19.1 Å². The van der Waals surface area contributed by atoms with E-state index in [1.54, 1.807) is 5.57 Å². The Morgan fingerprint density at radius 3 is 2.35 bits per heavy atom. The fourth-order valence-corrected chi connectivity index (χ4v) is 5.23. The number of carbonyl (C=O) groups excluding carboxylic acids is 1. The first-order valence-electron chi connectivity index (χ1n) is 14.2. The van der Waals surface area contributed by atoms with E-state index in [4.69, 9.17) is 9.47 Å². The smallest absolute Gasteiger partial charge is 0.308 e. The van der Waals surface area contributed by atoms with Crippen LogP contribution in [0.4, 0.5) is 0 Å². The Morgan fingerprint density at radius 1 is 1.06 bits per heavy atom. The van der Waals surface area contributed by atoms with Crippen molar-refractivity contribution in [2.45, 2.75) is 125 Å². The van der Waals surface area contributed by atoms with Crippen molar-refractivity contribution in [1.29, 1.82) is 0 Å². The molecule has 1 aliphatic carbocycles. The molecule has 0 saturated carbocycles. The molecule has 198 valence electrons. The number of methoxy groups -OCH3 is 1. The highest BCUT2D eigenvalue weighted by Crippen LogP contribution is 2.34. The average molecular weight is 477 g/mol. The van der Waals surface area contributed by atoms with Crippen LogP contribution in [-0.4, -0.2) is 25.8 Å². The summed E-state index contributed by atoms with van der Waals surface area (Å²) in [6, 6.07) is 0. The van der Waals surface area contributed by atoms with Crippen LogP contribution < -0.4 is 0 Å². The van der Waals surface area contributed by atoms with E-state index in [0.29, 0.717) is 12.0 Å². The summed E-state index contributed by atoms with van der Waals surface area (Å²) in [7, 11) is 1.47. The lowest BCUT2D eigenvalue weighted by molar-refractivity contribution is -0.145. The van der Waals surface area contributed by atoms with Gasteiger partial charge in [-0.05, 0) is 88.0 Å². The molecule has 3 nitrogen and oxygen atoms in total. The van der Waals surface area contributed by atoms with E-state index in [-0.39, 0.29) is 11.9 Å². The first kappa shape index (κ1) is 30.9. The lowest BCUT2D eigenvalue weighted by atomic mass is 9.77. The molecule has 6 atom stereocenters. The van der Waals surface area contributed by atoms with Crippen molar-refractivity contribution in [3.05, 3.63) is 23.3 Å². The van der Waals surface area contributed by atoms with Gasteiger partial charge in [-0.15, -0.1) is 0 Å². The molecule has 1 aliphatic rings. The Bertz CT molecular complexity index is 620. The second-order valence-electron chi connectivity index (χ2n) is 11.4. The SMILES string of the molecule is CCOC1C(CCC(C)CCCC(C)CCC/C(C)=C/CCC(C)C(=O)OC)=CCC(C)C1C. The van der Waals surface area contributed by atoms with Gasteiger partial charge in [0.25, 0.3) is 0 Å². The number of ether oxygens (including phenoxy) is 2. The second-order valence-corrected chi connectivity index (χ2v) is 11.4. The third-order valence-corrected chi connectivity index (χ3v) is 8.12. The monoisotopic (exact) mass is 476 g/mol. The third kappa shape index (κ3) is 12.0. The van der Waals surface area contributed by atoms with E-state index >= 15 is 0 Å². The maximum Gasteiger partial charge on any atom is 0.308 e. The van der Waals surface area contributed by atoms with Gasteiger partial charge in [0, 0.05) is 6.61 Å². The van der Waals surface area contributed by atoms with Gasteiger partial charge >= 0.3 is 5.97 Å². The van der Waals surface area contributed by atoms with Crippen LogP contribution in [0.1, 0.15) is 119 Å². The number of rotatable bonds is 17. The molecule has 0 aromatic heterocycles. The van der Waals surface area contributed by atoms with Crippen LogP contribution in [0.15, 0.2) is 23.3 Å². The minimum atomic E-state index is -0.0980. The molecular weight excluding hydrogens is 420 g/mol. The fraction of sp³-hybridized carbons (Fsp3) is 0.839. The number of allylic oxidation sites excluding steroid dienone is 3. The number of hydrogen-bond acceptors (Lipinski definition) is 3. The van der Waals surface area contributed by atoms with E-state index in [0.717, 1.165) is 37.2 Å². The maximum absolute atomic E-state index is 11.5. The van der Waals surface area contributed by atoms with Gasteiger partial charge in [0.2, 0.25) is 0 Å². The topological polar surface area (TPSA) is 35.5 Å². The minimum Gasteiger partial charge on any atom is -0.469 e. The van der Waals surface area contributed by atoms with Crippen molar-refractivity contribution in [3.63, 3.8) is 0 Å². The third-order valence-electron chi connectivity index (χ3n) is 8.12. The molecule has 0 bridgehead atoms. The summed E-state index contributed by atoms with van der Waals surface area (Å²) in [6.45, 7) is 16.7. The van der Waals surface area contributed by atoms with Gasteiger partial charge in [0.1, 0.15) is 0 Å². The van der Waals surface area contributed by atoms with E-state index < -0.39 is 0 Å². The zero-order valence-corrected chi connectivity index (χ0v) is 23.8. The van der Waals surface area contributed by atoms with Crippen LogP contribution in [0.3, 0.4) is 0 Å². The lowest BCUT2D eigenvalue weighted by Crippen LogP contribution is -2.32. The number of esters is 1. The largest absolute Gasteiger partial charge is 0.469 e. The summed E-state index contributed by atoms with van der Waals surface area (Å²) in [5.74, 6) is 2.87. The van der Waals surface area contributed by atoms with Crippen LogP contribution in [0, 0.1) is 29.6 Å². The van der Waals surface area contributed by atoms with Crippen molar-refractivity contribution in [2.75, 3.05) is 13.7 Å². The molecule has 0 saturated heterocycles. The van der Waals surface area contributed by atoms with Gasteiger partial charge in [-0.1, -0.05) is 78.0 Å². The first-order chi connectivity index (χ1) is 16.2. The first-order valence-corrected chi connectivity index (χ1v) is 14.2. The zero-order chi connectivity index (χ0) is 25.5. The Labute approximate surface area is 212 Å². The Hall–Kier alpha value is -1.09. The zero-order valence-electron chi connectivity index (χ0n) is 23.8. The molecule has 6 unspecified atom stereocenters. The Morgan fingerprint density at radius 2 is 1.71 bits per heavy atom. The van der Waals surface area contributed by atoms with Crippen molar-refractivity contribution >= 4 is 5.97 Å². The molecule has 0 aliphatic heterocycles. The Balaban J connectivity index is 2.20. The Kier molecular flexibility index (Phi) is 15.8. The summed E-state index contributed by atoms with van der Waals surface area (Å²) >= 11 is 0. The molecular formula is C31H56O3. The summed E-state index contributed by atoms with van der Waals surface area (Å²) in [4.78, 5) is 11.5. The highest BCUT2D eigenvalue weighted by atomic mass is 16.5. The van der Waals surface area contributed by atoms with Crippen molar-refractivity contribution in [2.24, 2.45) is 29.6 Å². The average Bonchev–Trinajstić information content (AvgIpc) is 2.81. The van der Waals surface area contributed by atoms with Crippen molar-refractivity contribution < 1.29 is 14.3 Å². The van der Waals surface area contributed by atoms with E-state index in [1.165, 1.54) is 70.5 Å². The lowest BCUT2D eigenvalue weighted by Gasteiger charge is -2.35. The molecule has 0 amide bonds. The standard InChI is InChI=1S/C31H56O3/c1-9-34-30-28(7)26(5)20-22-29(30)21-19-25(4)16-11-15-23(2)13-10-14-24(3)17-12-18-27(6)31(32)33-8/h17,22-23,25-28,30H,9-16,18-21H2,1-8H3/b24-17+. The quantitative estimate of drug-likeness (QED) is 0.155. The molecule has 0 fully saturated rings. The van der Waals surface area contributed by atoms with Crippen LogP contribution in [0.2, 0.25) is 0 Å². The summed E-state index contributed by atoms with van der Waals surface area (Å²) in [5.41, 5.74) is 3.03. The van der Waals surface area contributed by atoms with Crippen molar-refractivity contribution in [1.82, 2.24) is 0 Å². The molecule has 0 aromatic rings. The second kappa shape index (κ2) is 17.4. The minimum absolute atomic E-state index is 0.00536. The molecule has 0 spiro atoms. The highest BCUT2D eigenvalue weighted by molar-refractivity contribution is 5.71. The van der Waals surface area contributed by atoms with Gasteiger partial charge in [-0.3, -0.25) is 4.79 Å². The molecule has 0 radical (unpaired) electrons. The number of carbonyl (C=O) groups is 1. The van der Waals surface area contributed by atoms with Crippen LogP contribution >= 0.6 is 0 Å². The fourth-order valence-electron chi connectivity index (χ4n) is 5.23. The van der Waals surface area contributed by atoms with Crippen LogP contribution in [-0.2, 0) is 14.3 Å². The normalized spacial score (nSPS) is 23.8. The molecule has 0 N–H and O–H groups in total. The highest BCUT2D eigenvalue weighted by Gasteiger charge is 2.29. The van der Waals surface area contributed by atoms with Gasteiger partial charge in [0.15, 0.2) is 0 Å². The van der Waals surface area contributed by atoms with E-state index in [9.17, 15) is 4.79 Å². The van der Waals surface area contributed by atoms with E-state index in [2.05, 4.69) is 53.7 Å². The maximum atomic E-state index is 11.5. The summed E-state index contributed by atoms with van der Waals surface area (Å²) in [5, 5.41) is 0. The van der Waals surface area contributed by atoms with E-state index in [1.807, 2.05) is 6.92 Å². The van der Waals surface area contributed by atoms with Crippen molar-refractivity contribution in [3.8, 4) is 0 Å². The van der Waals surface area contributed by atoms with Crippen LogP contribution in [0.25, 0.3) is 0 Å². The predicted octanol–water partition coefficient (Wildman–Crippen LogP) is 8.92. The molecule has 0 aromatic carbocycles. The van der Waals surface area contributed by atoms with Gasteiger partial charge < -0.3 is 9.47 Å². The molecule has 0 heterocycles.